The van der Waals surface area contributed by atoms with Crippen molar-refractivity contribution in [2.24, 2.45) is 0 Å². The van der Waals surface area contributed by atoms with E-state index in [1.165, 1.54) is 0 Å². The van der Waals surface area contributed by atoms with Crippen LogP contribution < -0.4 is 0 Å². The summed E-state index contributed by atoms with van der Waals surface area (Å²) in [5.41, 5.74) is 1.87. The van der Waals surface area contributed by atoms with Gasteiger partial charge in [0.15, 0.2) is 5.82 Å². The maximum absolute atomic E-state index is 4.28. The fourth-order valence-corrected chi connectivity index (χ4v) is 1.34. The number of aromatic nitrogens is 3. The summed E-state index contributed by atoms with van der Waals surface area (Å²) >= 11 is 3.34. The Bertz CT molecular complexity index is 389. The van der Waals surface area contributed by atoms with Gasteiger partial charge in [-0.05, 0) is 35.0 Å². The molecule has 1 N–H and O–H groups in total. The summed E-state index contributed by atoms with van der Waals surface area (Å²) in [6.07, 6.45) is 1.75. The van der Waals surface area contributed by atoms with Gasteiger partial charge in [0, 0.05) is 11.9 Å². The number of hydrogen-bond acceptors (Lipinski definition) is 2. The second kappa shape index (κ2) is 3.30. The number of aromatic amines is 1. The fourth-order valence-electron chi connectivity index (χ4n) is 1.06. The highest BCUT2D eigenvalue weighted by atomic mass is 79.9. The molecule has 66 valence electrons. The van der Waals surface area contributed by atoms with E-state index in [9.17, 15) is 0 Å². The Morgan fingerprint density at radius 1 is 1.38 bits per heavy atom. The van der Waals surface area contributed by atoms with Gasteiger partial charge in [0.25, 0.3) is 0 Å². The first-order valence-electron chi connectivity index (χ1n) is 3.91. The second-order valence-electron chi connectivity index (χ2n) is 2.72. The maximum atomic E-state index is 4.28. The third-order valence-electron chi connectivity index (χ3n) is 1.73. The zero-order valence-electron chi connectivity index (χ0n) is 7.08. The highest BCUT2D eigenvalue weighted by Gasteiger charge is 2.05. The largest absolute Gasteiger partial charge is 0.340 e. The van der Waals surface area contributed by atoms with E-state index in [1.807, 2.05) is 25.1 Å². The quantitative estimate of drug-likeness (QED) is 0.829. The lowest BCUT2D eigenvalue weighted by Crippen LogP contribution is -1.83. The van der Waals surface area contributed by atoms with Crippen LogP contribution in [-0.4, -0.2) is 15.0 Å². The number of H-pyrrole nitrogens is 1. The molecule has 0 bridgehead atoms. The molecule has 0 aliphatic heterocycles. The van der Waals surface area contributed by atoms with Crippen LogP contribution >= 0.6 is 15.9 Å². The van der Waals surface area contributed by atoms with Crippen LogP contribution in [0.1, 0.15) is 5.69 Å². The number of nitrogens with zero attached hydrogens (tertiary/aromatic N) is 2. The van der Waals surface area contributed by atoms with E-state index >= 15 is 0 Å². The number of hydrogen-bond donors (Lipinski definition) is 1. The van der Waals surface area contributed by atoms with Gasteiger partial charge in [-0.15, -0.1) is 0 Å². The summed E-state index contributed by atoms with van der Waals surface area (Å²) < 4.78 is 0.841. The molecular weight excluding hydrogens is 230 g/mol. The third-order valence-corrected chi connectivity index (χ3v) is 2.50. The number of imidazole rings is 1. The van der Waals surface area contributed by atoms with E-state index in [1.54, 1.807) is 6.20 Å². The van der Waals surface area contributed by atoms with Gasteiger partial charge in [-0.25, -0.2) is 4.98 Å². The van der Waals surface area contributed by atoms with E-state index < -0.39 is 0 Å². The molecule has 0 atom stereocenters. The molecule has 3 nitrogen and oxygen atoms in total. The Hall–Kier alpha value is -1.16. The lowest BCUT2D eigenvalue weighted by atomic mass is 10.3. The first kappa shape index (κ1) is 8.44. The summed E-state index contributed by atoms with van der Waals surface area (Å²) in [5.74, 6) is 0.796. The van der Waals surface area contributed by atoms with Crippen molar-refractivity contribution in [3.8, 4) is 11.5 Å². The SMILES string of the molecule is Cc1[nH]c(-c2ccccn2)nc1Br. The van der Waals surface area contributed by atoms with Crippen LogP contribution in [0.4, 0.5) is 0 Å². The van der Waals surface area contributed by atoms with Crippen LogP contribution in [0.3, 0.4) is 0 Å². The molecule has 2 heterocycles. The third kappa shape index (κ3) is 1.62. The minimum atomic E-state index is 0.796. The molecule has 0 aliphatic rings. The monoisotopic (exact) mass is 237 g/mol. The van der Waals surface area contributed by atoms with Crippen LogP contribution in [0.15, 0.2) is 29.0 Å². The predicted molar refractivity (Wildman–Crippen MR) is 54.3 cm³/mol. The van der Waals surface area contributed by atoms with Gasteiger partial charge in [-0.1, -0.05) is 6.07 Å². The Morgan fingerprint density at radius 3 is 2.77 bits per heavy atom. The van der Waals surface area contributed by atoms with E-state index in [4.69, 9.17) is 0 Å². The summed E-state index contributed by atoms with van der Waals surface area (Å²) in [5, 5.41) is 0. The Morgan fingerprint density at radius 2 is 2.23 bits per heavy atom. The van der Waals surface area contributed by atoms with Crippen molar-refractivity contribution in [3.05, 3.63) is 34.7 Å². The van der Waals surface area contributed by atoms with Crippen molar-refractivity contribution in [2.45, 2.75) is 6.92 Å². The lowest BCUT2D eigenvalue weighted by Gasteiger charge is -1.92. The number of rotatable bonds is 1. The average molecular weight is 238 g/mol. The van der Waals surface area contributed by atoms with Crippen molar-refractivity contribution in [3.63, 3.8) is 0 Å². The summed E-state index contributed by atoms with van der Waals surface area (Å²) in [7, 11) is 0. The molecule has 2 aromatic rings. The molecule has 0 unspecified atom stereocenters. The van der Waals surface area contributed by atoms with Gasteiger partial charge in [0.05, 0.1) is 0 Å². The van der Waals surface area contributed by atoms with Gasteiger partial charge in [-0.2, -0.15) is 0 Å². The molecule has 0 saturated carbocycles. The van der Waals surface area contributed by atoms with Crippen LogP contribution in [-0.2, 0) is 0 Å². The van der Waals surface area contributed by atoms with Crippen molar-refractivity contribution in [1.29, 1.82) is 0 Å². The van der Waals surface area contributed by atoms with Crippen LogP contribution in [0.5, 0.6) is 0 Å². The number of nitrogens with one attached hydrogen (secondary N) is 1. The summed E-state index contributed by atoms with van der Waals surface area (Å²) in [4.78, 5) is 11.6. The van der Waals surface area contributed by atoms with Crippen molar-refractivity contribution < 1.29 is 0 Å². The molecule has 13 heavy (non-hydrogen) atoms. The summed E-state index contributed by atoms with van der Waals surface area (Å²) in [6.45, 7) is 1.96. The minimum absolute atomic E-state index is 0.796. The molecule has 0 spiro atoms. The first-order chi connectivity index (χ1) is 6.27. The molecule has 0 radical (unpaired) electrons. The lowest BCUT2D eigenvalue weighted by molar-refractivity contribution is 1.20. The van der Waals surface area contributed by atoms with Gasteiger partial charge in [-0.3, -0.25) is 4.98 Å². The molecule has 2 rings (SSSR count). The minimum Gasteiger partial charge on any atom is -0.340 e. The van der Waals surface area contributed by atoms with Crippen molar-refractivity contribution in [1.82, 2.24) is 15.0 Å². The van der Waals surface area contributed by atoms with Crippen molar-refractivity contribution >= 4 is 15.9 Å². The van der Waals surface area contributed by atoms with Crippen molar-refractivity contribution in [2.75, 3.05) is 0 Å². The first-order valence-corrected chi connectivity index (χ1v) is 4.70. The Balaban J connectivity index is 2.48. The Labute approximate surface area is 84.4 Å². The van der Waals surface area contributed by atoms with Gasteiger partial charge >= 0.3 is 0 Å². The van der Waals surface area contributed by atoms with Crippen LogP contribution in [0.2, 0.25) is 0 Å². The molecule has 2 aromatic heterocycles. The highest BCUT2D eigenvalue weighted by Crippen LogP contribution is 2.18. The smallest absolute Gasteiger partial charge is 0.157 e. The predicted octanol–water partition coefficient (Wildman–Crippen LogP) is 2.54. The van der Waals surface area contributed by atoms with E-state index in [0.717, 1.165) is 21.8 Å². The second-order valence-corrected chi connectivity index (χ2v) is 3.47. The topological polar surface area (TPSA) is 41.6 Å². The summed E-state index contributed by atoms with van der Waals surface area (Å²) in [6, 6.07) is 5.74. The molecule has 4 heteroatoms. The Kier molecular flexibility index (Phi) is 2.14. The van der Waals surface area contributed by atoms with Gasteiger partial charge < -0.3 is 4.98 Å². The number of aryl methyl sites for hydroxylation is 1. The average Bonchev–Trinajstić information content (AvgIpc) is 2.49. The molecular formula is C9H8BrN3. The normalized spacial score (nSPS) is 10.3. The number of pyridine rings is 1. The molecule has 0 saturated heterocycles. The van der Waals surface area contributed by atoms with E-state index in [-0.39, 0.29) is 0 Å². The van der Waals surface area contributed by atoms with E-state index in [0.29, 0.717) is 0 Å². The zero-order chi connectivity index (χ0) is 9.26. The number of halogens is 1. The maximum Gasteiger partial charge on any atom is 0.157 e. The van der Waals surface area contributed by atoms with Crippen LogP contribution in [0.25, 0.3) is 11.5 Å². The molecule has 0 aliphatic carbocycles. The van der Waals surface area contributed by atoms with Crippen LogP contribution in [0, 0.1) is 6.92 Å². The molecule has 0 aromatic carbocycles. The van der Waals surface area contributed by atoms with E-state index in [2.05, 4.69) is 30.9 Å². The highest BCUT2D eigenvalue weighted by molar-refractivity contribution is 9.10. The fraction of sp³-hybridized carbons (Fsp3) is 0.111. The standard InChI is InChI=1S/C9H8BrN3/c1-6-8(10)13-9(12-6)7-4-2-3-5-11-7/h2-5H,1H3,(H,12,13). The van der Waals surface area contributed by atoms with Gasteiger partial charge in [0.2, 0.25) is 0 Å². The molecule has 0 fully saturated rings. The zero-order valence-corrected chi connectivity index (χ0v) is 8.67. The molecule has 0 amide bonds. The van der Waals surface area contributed by atoms with Gasteiger partial charge in [0.1, 0.15) is 10.3 Å².